The van der Waals surface area contributed by atoms with Gasteiger partial charge in [-0.15, -0.1) is 0 Å². The van der Waals surface area contributed by atoms with Crippen LogP contribution in [0.4, 0.5) is 0 Å². The van der Waals surface area contributed by atoms with Crippen molar-refractivity contribution in [3.63, 3.8) is 0 Å². The number of nitrogens with zero attached hydrogens (tertiary/aromatic N) is 4. The number of carbonyl (C=O) groups is 1. The number of amides is 1. The van der Waals surface area contributed by atoms with Gasteiger partial charge >= 0.3 is 0 Å². The third-order valence-electron chi connectivity index (χ3n) is 6.80. The summed E-state index contributed by atoms with van der Waals surface area (Å²) in [7, 11) is 0. The van der Waals surface area contributed by atoms with Gasteiger partial charge < -0.3 is 15.1 Å². The highest BCUT2D eigenvalue weighted by Crippen LogP contribution is 2.43. The predicted octanol–water partition coefficient (Wildman–Crippen LogP) is 1.27. The molecule has 4 bridgehead atoms. The van der Waals surface area contributed by atoms with Gasteiger partial charge in [0.05, 0.1) is 5.69 Å². The van der Waals surface area contributed by atoms with Gasteiger partial charge in [-0.25, -0.2) is 0 Å². The summed E-state index contributed by atoms with van der Waals surface area (Å²) in [5.74, 6) is 0.630. The minimum Gasteiger partial charge on any atom is -0.352 e. The lowest BCUT2D eigenvalue weighted by atomic mass is 9.64. The number of piperidine rings is 2. The van der Waals surface area contributed by atoms with E-state index in [1.807, 2.05) is 23.9 Å². The Labute approximate surface area is 166 Å². The fourth-order valence-corrected chi connectivity index (χ4v) is 5.62. The summed E-state index contributed by atoms with van der Waals surface area (Å²) in [5.41, 5.74) is 2.34. The van der Waals surface area contributed by atoms with Crippen LogP contribution in [0, 0.1) is 12.8 Å². The van der Waals surface area contributed by atoms with Crippen LogP contribution in [0.5, 0.6) is 0 Å². The van der Waals surface area contributed by atoms with Crippen LogP contribution in [0.3, 0.4) is 0 Å². The first-order valence-corrected chi connectivity index (χ1v) is 10.4. The zero-order valence-corrected chi connectivity index (χ0v) is 16.6. The number of benzene rings is 1. The number of nitrogens with one attached hydrogen (secondary N) is 1. The Balaban J connectivity index is 1.38. The largest absolute Gasteiger partial charge is 0.352 e. The molecule has 1 aromatic heterocycles. The molecule has 3 atom stereocenters. The lowest BCUT2D eigenvalue weighted by Crippen LogP contribution is -2.70. The second-order valence-electron chi connectivity index (χ2n) is 8.77. The second kappa shape index (κ2) is 7.01. The van der Waals surface area contributed by atoms with E-state index in [9.17, 15) is 4.79 Å². The average Bonchev–Trinajstić information content (AvgIpc) is 2.95. The lowest BCUT2D eigenvalue weighted by molar-refractivity contribution is -0.124. The zero-order valence-electron chi connectivity index (χ0n) is 16.6. The molecule has 4 saturated heterocycles. The van der Waals surface area contributed by atoms with Crippen LogP contribution in [0.25, 0.3) is 0 Å². The van der Waals surface area contributed by atoms with Gasteiger partial charge in [-0.05, 0) is 18.6 Å². The molecule has 4 aliphatic rings. The van der Waals surface area contributed by atoms with Gasteiger partial charge in [0.25, 0.3) is 0 Å². The van der Waals surface area contributed by atoms with Gasteiger partial charge in [-0.1, -0.05) is 30.3 Å². The van der Waals surface area contributed by atoms with Crippen molar-refractivity contribution >= 4 is 5.91 Å². The van der Waals surface area contributed by atoms with Gasteiger partial charge in [0.15, 0.2) is 0 Å². The molecule has 6 heteroatoms. The topological polar surface area (TPSA) is 53.4 Å². The summed E-state index contributed by atoms with van der Waals surface area (Å²) >= 11 is 0. The Morgan fingerprint density at radius 1 is 1.14 bits per heavy atom. The summed E-state index contributed by atoms with van der Waals surface area (Å²) in [5, 5.41) is 7.87. The second-order valence-corrected chi connectivity index (χ2v) is 8.77. The average molecular weight is 380 g/mol. The first kappa shape index (κ1) is 17.9. The number of rotatable bonds is 5. The maximum absolute atomic E-state index is 12.9. The molecule has 2 aromatic rings. The van der Waals surface area contributed by atoms with E-state index < -0.39 is 0 Å². The summed E-state index contributed by atoms with van der Waals surface area (Å²) in [6.07, 6.45) is 2.42. The van der Waals surface area contributed by atoms with E-state index in [1.165, 1.54) is 5.56 Å². The van der Waals surface area contributed by atoms with Crippen LogP contribution < -0.4 is 5.32 Å². The number of carbonyl (C=O) groups excluding carboxylic acids is 1. The Bertz CT molecular complexity index is 832. The van der Waals surface area contributed by atoms with Crippen molar-refractivity contribution in [3.8, 4) is 0 Å². The van der Waals surface area contributed by atoms with E-state index in [0.29, 0.717) is 18.9 Å². The van der Waals surface area contributed by atoms with Crippen molar-refractivity contribution in [1.82, 2.24) is 24.9 Å². The standard InChI is InChI=1S/C22H29N5O/c1-17-7-9-27(24-17)10-8-20(28)23-21-18-13-25-11-12-26(14-18)16-22(21,15-25)19-5-3-2-4-6-19/h2-7,9,18,21H,8,10-16H2,1H3,(H,23,28)/t18?,21-,22?/m1/s1. The molecule has 1 N–H and O–H groups in total. The smallest absolute Gasteiger partial charge is 0.222 e. The maximum atomic E-state index is 12.9. The highest BCUT2D eigenvalue weighted by Gasteiger charge is 2.55. The molecular formula is C22H29N5O. The van der Waals surface area contributed by atoms with Crippen molar-refractivity contribution in [2.45, 2.75) is 31.3 Å². The molecule has 0 spiro atoms. The summed E-state index contributed by atoms with van der Waals surface area (Å²) < 4.78 is 1.86. The minimum absolute atomic E-state index is 0.0170. The van der Waals surface area contributed by atoms with Crippen molar-refractivity contribution in [2.24, 2.45) is 5.92 Å². The van der Waals surface area contributed by atoms with Crippen molar-refractivity contribution < 1.29 is 4.79 Å². The van der Waals surface area contributed by atoms with Crippen molar-refractivity contribution in [3.05, 3.63) is 53.9 Å². The van der Waals surface area contributed by atoms with E-state index in [1.54, 1.807) is 0 Å². The number of hydrogen-bond donors (Lipinski definition) is 1. The molecule has 6 rings (SSSR count). The normalized spacial score (nSPS) is 33.6. The highest BCUT2D eigenvalue weighted by atomic mass is 16.1. The Morgan fingerprint density at radius 2 is 1.86 bits per heavy atom. The first-order chi connectivity index (χ1) is 13.6. The van der Waals surface area contributed by atoms with Gasteiger partial charge in [-0.3, -0.25) is 9.48 Å². The number of fused-ring (bicyclic) bond motifs is 1. The van der Waals surface area contributed by atoms with Crippen LogP contribution in [0.1, 0.15) is 17.7 Å². The van der Waals surface area contributed by atoms with E-state index in [2.05, 4.69) is 50.5 Å². The summed E-state index contributed by atoms with van der Waals surface area (Å²) in [4.78, 5) is 18.1. The fourth-order valence-electron chi connectivity index (χ4n) is 5.62. The van der Waals surface area contributed by atoms with Gasteiger partial charge in [-0.2, -0.15) is 5.10 Å². The van der Waals surface area contributed by atoms with E-state index in [4.69, 9.17) is 0 Å². The molecule has 4 aliphatic heterocycles. The van der Waals surface area contributed by atoms with Gasteiger partial charge in [0, 0.05) is 75.8 Å². The van der Waals surface area contributed by atoms with Crippen molar-refractivity contribution in [1.29, 1.82) is 0 Å². The monoisotopic (exact) mass is 379 g/mol. The molecule has 6 nitrogen and oxygen atoms in total. The Morgan fingerprint density at radius 3 is 2.50 bits per heavy atom. The van der Waals surface area contributed by atoms with Crippen LogP contribution in [0.15, 0.2) is 42.6 Å². The van der Waals surface area contributed by atoms with Crippen LogP contribution in [0.2, 0.25) is 0 Å². The lowest BCUT2D eigenvalue weighted by Gasteiger charge is -2.55. The molecule has 0 radical (unpaired) electrons. The molecule has 5 heterocycles. The maximum Gasteiger partial charge on any atom is 0.222 e. The number of aromatic nitrogens is 2. The molecule has 4 fully saturated rings. The predicted molar refractivity (Wildman–Crippen MR) is 108 cm³/mol. The molecule has 28 heavy (non-hydrogen) atoms. The zero-order chi connectivity index (χ0) is 19.1. The highest BCUT2D eigenvalue weighted by molar-refractivity contribution is 5.76. The van der Waals surface area contributed by atoms with E-state index in [0.717, 1.165) is 45.0 Å². The Hall–Kier alpha value is -2.18. The van der Waals surface area contributed by atoms with Crippen molar-refractivity contribution in [2.75, 3.05) is 39.3 Å². The van der Waals surface area contributed by atoms with Crippen LogP contribution in [-0.4, -0.2) is 70.8 Å². The molecular weight excluding hydrogens is 350 g/mol. The third kappa shape index (κ3) is 3.14. The van der Waals surface area contributed by atoms with Gasteiger partial charge in [0.1, 0.15) is 0 Å². The fraction of sp³-hybridized carbons (Fsp3) is 0.545. The molecule has 0 aliphatic carbocycles. The molecule has 1 amide bonds. The third-order valence-corrected chi connectivity index (χ3v) is 6.80. The molecule has 1 aromatic carbocycles. The quantitative estimate of drug-likeness (QED) is 0.850. The molecule has 2 unspecified atom stereocenters. The molecule has 0 saturated carbocycles. The first-order valence-electron chi connectivity index (χ1n) is 10.4. The number of aryl methyl sites for hydroxylation is 2. The van der Waals surface area contributed by atoms with E-state index >= 15 is 0 Å². The molecule has 148 valence electrons. The van der Waals surface area contributed by atoms with Crippen LogP contribution in [-0.2, 0) is 16.8 Å². The Kier molecular flexibility index (Phi) is 4.48. The van der Waals surface area contributed by atoms with Crippen LogP contribution >= 0.6 is 0 Å². The summed E-state index contributed by atoms with van der Waals surface area (Å²) in [6.45, 7) is 9.15. The van der Waals surface area contributed by atoms with Gasteiger partial charge in [0.2, 0.25) is 5.91 Å². The summed E-state index contributed by atoms with van der Waals surface area (Å²) in [6, 6.07) is 13.0. The SMILES string of the molecule is Cc1ccn(CCC(=O)N[C@@H]2C3CN4CCN(C3)CC2(c2ccccc2)C4)n1. The number of hydrogen-bond acceptors (Lipinski definition) is 4. The van der Waals surface area contributed by atoms with E-state index in [-0.39, 0.29) is 17.4 Å². The minimum atomic E-state index is -0.0170.